The highest BCUT2D eigenvalue weighted by molar-refractivity contribution is 5.85. The van der Waals surface area contributed by atoms with Gasteiger partial charge in [-0.25, -0.2) is 0 Å². The summed E-state index contributed by atoms with van der Waals surface area (Å²) >= 11 is 0. The van der Waals surface area contributed by atoms with Crippen LogP contribution in [0.25, 0.3) is 0 Å². The van der Waals surface area contributed by atoms with Crippen molar-refractivity contribution in [2.45, 2.75) is 32.4 Å². The molecule has 0 saturated carbocycles. The summed E-state index contributed by atoms with van der Waals surface area (Å²) in [5.41, 5.74) is 0.727. The van der Waals surface area contributed by atoms with Gasteiger partial charge in [-0.15, -0.1) is 12.4 Å². The van der Waals surface area contributed by atoms with Crippen LogP contribution in [-0.4, -0.2) is 26.1 Å². The van der Waals surface area contributed by atoms with Gasteiger partial charge in [0.25, 0.3) is 0 Å². The van der Waals surface area contributed by atoms with E-state index in [1.165, 1.54) is 12.1 Å². The standard InChI is InChI=1S/C14H20F2N2O2.ClH/c1-10(18-13(19)7-4-8-17-2)11-5-3-6-12(9-11)20-14(15)16;/h3,5-6,9-10,14,17H,4,7-8H2,1-2H3,(H,18,19);1H. The second-order valence-corrected chi connectivity index (χ2v) is 4.45. The van der Waals surface area contributed by atoms with Crippen LogP contribution in [0.15, 0.2) is 24.3 Å². The van der Waals surface area contributed by atoms with Gasteiger partial charge in [-0.1, -0.05) is 12.1 Å². The average molecular weight is 323 g/mol. The van der Waals surface area contributed by atoms with E-state index in [-0.39, 0.29) is 30.1 Å². The highest BCUT2D eigenvalue weighted by atomic mass is 35.5. The Labute approximate surface area is 129 Å². The molecule has 1 aromatic carbocycles. The number of alkyl halides is 2. The average Bonchev–Trinajstić information content (AvgIpc) is 2.38. The Kier molecular flexibility index (Phi) is 9.65. The summed E-state index contributed by atoms with van der Waals surface area (Å²) in [7, 11) is 1.83. The number of halogens is 3. The van der Waals surface area contributed by atoms with Crippen molar-refractivity contribution in [3.8, 4) is 5.75 Å². The van der Waals surface area contributed by atoms with Crippen LogP contribution in [0.3, 0.4) is 0 Å². The van der Waals surface area contributed by atoms with Crippen LogP contribution in [0.4, 0.5) is 8.78 Å². The van der Waals surface area contributed by atoms with Gasteiger partial charge in [-0.2, -0.15) is 8.78 Å². The molecule has 0 spiro atoms. The Hall–Kier alpha value is -1.40. The summed E-state index contributed by atoms with van der Waals surface area (Å²) in [6, 6.07) is 6.09. The number of ether oxygens (including phenoxy) is 1. The van der Waals surface area contributed by atoms with E-state index < -0.39 is 6.61 Å². The van der Waals surface area contributed by atoms with Crippen molar-refractivity contribution >= 4 is 18.3 Å². The molecule has 0 aliphatic carbocycles. The minimum absolute atomic E-state index is 0. The number of carbonyl (C=O) groups is 1. The highest BCUT2D eigenvalue weighted by Gasteiger charge is 2.11. The molecule has 0 radical (unpaired) electrons. The van der Waals surface area contributed by atoms with Crippen LogP contribution in [-0.2, 0) is 4.79 Å². The number of hydrogen-bond acceptors (Lipinski definition) is 3. The van der Waals surface area contributed by atoms with Gasteiger partial charge in [0.2, 0.25) is 5.91 Å². The lowest BCUT2D eigenvalue weighted by Gasteiger charge is -2.15. The number of hydrogen-bond donors (Lipinski definition) is 2. The van der Waals surface area contributed by atoms with Crippen LogP contribution in [0, 0.1) is 0 Å². The molecule has 0 fully saturated rings. The topological polar surface area (TPSA) is 50.4 Å². The zero-order valence-corrected chi connectivity index (χ0v) is 12.9. The van der Waals surface area contributed by atoms with Crippen molar-refractivity contribution in [1.82, 2.24) is 10.6 Å². The molecule has 7 heteroatoms. The molecule has 0 saturated heterocycles. The normalized spacial score (nSPS) is 11.7. The third-order valence-electron chi connectivity index (χ3n) is 2.79. The first kappa shape index (κ1) is 19.6. The smallest absolute Gasteiger partial charge is 0.387 e. The van der Waals surface area contributed by atoms with Crippen molar-refractivity contribution in [2.24, 2.45) is 0 Å². The maximum absolute atomic E-state index is 12.1. The van der Waals surface area contributed by atoms with Gasteiger partial charge >= 0.3 is 6.61 Å². The molecule has 1 unspecified atom stereocenters. The van der Waals surface area contributed by atoms with E-state index in [1.807, 2.05) is 7.05 Å². The lowest BCUT2D eigenvalue weighted by atomic mass is 10.1. The van der Waals surface area contributed by atoms with Gasteiger partial charge in [0.05, 0.1) is 6.04 Å². The summed E-state index contributed by atoms with van der Waals surface area (Å²) in [4.78, 5) is 11.7. The molecule has 0 heterocycles. The van der Waals surface area contributed by atoms with Crippen molar-refractivity contribution in [3.63, 3.8) is 0 Å². The van der Waals surface area contributed by atoms with E-state index in [0.29, 0.717) is 6.42 Å². The zero-order chi connectivity index (χ0) is 15.0. The summed E-state index contributed by atoms with van der Waals surface area (Å²) in [6.07, 6.45) is 1.18. The molecule has 0 aliphatic rings. The van der Waals surface area contributed by atoms with Gasteiger partial charge in [0.1, 0.15) is 5.75 Å². The van der Waals surface area contributed by atoms with Gasteiger partial charge in [0.15, 0.2) is 0 Å². The van der Waals surface area contributed by atoms with E-state index >= 15 is 0 Å². The number of benzene rings is 1. The zero-order valence-electron chi connectivity index (χ0n) is 12.1. The SMILES string of the molecule is CNCCCC(=O)NC(C)c1cccc(OC(F)F)c1.Cl. The fourth-order valence-electron chi connectivity index (χ4n) is 1.78. The Morgan fingerprint density at radius 3 is 2.71 bits per heavy atom. The first-order valence-electron chi connectivity index (χ1n) is 6.51. The largest absolute Gasteiger partial charge is 0.435 e. The Morgan fingerprint density at radius 2 is 2.10 bits per heavy atom. The minimum atomic E-state index is -2.85. The molecule has 21 heavy (non-hydrogen) atoms. The highest BCUT2D eigenvalue weighted by Crippen LogP contribution is 2.20. The Morgan fingerprint density at radius 1 is 1.38 bits per heavy atom. The molecule has 2 N–H and O–H groups in total. The van der Waals surface area contributed by atoms with Crippen LogP contribution < -0.4 is 15.4 Å². The maximum Gasteiger partial charge on any atom is 0.387 e. The number of carbonyl (C=O) groups excluding carboxylic acids is 1. The van der Waals surface area contributed by atoms with E-state index in [9.17, 15) is 13.6 Å². The summed E-state index contributed by atoms with van der Waals surface area (Å²) in [5.74, 6) is 0.0294. The van der Waals surface area contributed by atoms with Gasteiger partial charge in [-0.05, 0) is 44.6 Å². The third kappa shape index (κ3) is 7.82. The fourth-order valence-corrected chi connectivity index (χ4v) is 1.78. The van der Waals surface area contributed by atoms with E-state index in [4.69, 9.17) is 0 Å². The van der Waals surface area contributed by atoms with E-state index in [0.717, 1.165) is 18.5 Å². The second kappa shape index (κ2) is 10.3. The van der Waals surface area contributed by atoms with Gasteiger partial charge in [-0.3, -0.25) is 4.79 Å². The van der Waals surface area contributed by atoms with Crippen molar-refractivity contribution in [1.29, 1.82) is 0 Å². The van der Waals surface area contributed by atoms with Crippen LogP contribution in [0.2, 0.25) is 0 Å². The predicted octanol–water partition coefficient (Wildman–Crippen LogP) is 2.89. The summed E-state index contributed by atoms with van der Waals surface area (Å²) < 4.78 is 28.6. The molecule has 1 atom stereocenters. The lowest BCUT2D eigenvalue weighted by molar-refractivity contribution is -0.121. The monoisotopic (exact) mass is 322 g/mol. The molecular weight excluding hydrogens is 302 g/mol. The van der Waals surface area contributed by atoms with Gasteiger partial charge < -0.3 is 15.4 Å². The van der Waals surface area contributed by atoms with Crippen molar-refractivity contribution in [3.05, 3.63) is 29.8 Å². The van der Waals surface area contributed by atoms with Crippen molar-refractivity contribution in [2.75, 3.05) is 13.6 Å². The van der Waals surface area contributed by atoms with Gasteiger partial charge in [0, 0.05) is 6.42 Å². The van der Waals surface area contributed by atoms with Crippen LogP contribution in [0.1, 0.15) is 31.4 Å². The number of rotatable bonds is 8. The minimum Gasteiger partial charge on any atom is -0.435 e. The summed E-state index contributed by atoms with van der Waals surface area (Å²) in [6.45, 7) is -0.270. The number of amides is 1. The van der Waals surface area contributed by atoms with Crippen LogP contribution >= 0.6 is 12.4 Å². The van der Waals surface area contributed by atoms with E-state index in [2.05, 4.69) is 15.4 Å². The van der Waals surface area contributed by atoms with Crippen LogP contribution in [0.5, 0.6) is 5.75 Å². The molecule has 0 aliphatic heterocycles. The Balaban J connectivity index is 0.00000400. The molecule has 4 nitrogen and oxygen atoms in total. The number of nitrogens with one attached hydrogen (secondary N) is 2. The lowest BCUT2D eigenvalue weighted by Crippen LogP contribution is -2.27. The first-order valence-corrected chi connectivity index (χ1v) is 6.51. The molecule has 1 rings (SSSR count). The first-order chi connectivity index (χ1) is 9.52. The molecule has 1 aromatic rings. The third-order valence-corrected chi connectivity index (χ3v) is 2.79. The Bertz CT molecular complexity index is 433. The predicted molar refractivity (Wildman–Crippen MR) is 80.0 cm³/mol. The summed E-state index contributed by atoms with van der Waals surface area (Å²) in [5, 5.41) is 5.79. The van der Waals surface area contributed by atoms with Crippen molar-refractivity contribution < 1.29 is 18.3 Å². The molecule has 0 aromatic heterocycles. The maximum atomic E-state index is 12.1. The van der Waals surface area contributed by atoms with E-state index in [1.54, 1.807) is 19.1 Å². The second-order valence-electron chi connectivity index (χ2n) is 4.45. The molecule has 1 amide bonds. The molecule has 120 valence electrons. The molecule has 0 bridgehead atoms. The molecular formula is C14H21ClF2N2O2. The quantitative estimate of drug-likeness (QED) is 0.724. The fraction of sp³-hybridized carbons (Fsp3) is 0.500.